The minimum atomic E-state index is -0.420. The van der Waals surface area contributed by atoms with Gasteiger partial charge in [0, 0.05) is 12.6 Å². The van der Waals surface area contributed by atoms with Gasteiger partial charge in [-0.2, -0.15) is 5.10 Å². The van der Waals surface area contributed by atoms with Crippen LogP contribution in [0.3, 0.4) is 0 Å². The number of nitrogens with one attached hydrogen (secondary N) is 2. The third kappa shape index (κ3) is 5.01. The Morgan fingerprint density at radius 2 is 2.00 bits per heavy atom. The van der Waals surface area contributed by atoms with Crippen molar-refractivity contribution in [2.24, 2.45) is 5.10 Å². The van der Waals surface area contributed by atoms with Gasteiger partial charge in [0.15, 0.2) is 5.11 Å². The molecule has 28 heavy (non-hydrogen) atoms. The van der Waals surface area contributed by atoms with Crippen molar-refractivity contribution in [2.75, 3.05) is 0 Å². The van der Waals surface area contributed by atoms with E-state index in [1.54, 1.807) is 31.2 Å². The Hall–Kier alpha value is -3.52. The molecule has 0 atom stereocenters. The van der Waals surface area contributed by atoms with E-state index in [2.05, 4.69) is 15.8 Å². The molecule has 0 aliphatic rings. The summed E-state index contributed by atoms with van der Waals surface area (Å²) in [6.45, 7) is 2.39. The van der Waals surface area contributed by atoms with Gasteiger partial charge in [0.25, 0.3) is 5.69 Å². The van der Waals surface area contributed by atoms with Crippen LogP contribution in [-0.2, 0) is 6.54 Å². The average Bonchev–Trinajstić information content (AvgIpc) is 3.16. The number of hydrogen-bond acceptors (Lipinski definition) is 5. The molecular formula is C20H18N4O3S. The van der Waals surface area contributed by atoms with Crippen LogP contribution in [0, 0.1) is 17.0 Å². The molecule has 2 aromatic carbocycles. The highest BCUT2D eigenvalue weighted by molar-refractivity contribution is 7.80. The monoisotopic (exact) mass is 394 g/mol. The van der Waals surface area contributed by atoms with Crippen molar-refractivity contribution in [1.82, 2.24) is 10.7 Å². The number of furan rings is 1. The highest BCUT2D eigenvalue weighted by Crippen LogP contribution is 2.31. The molecule has 3 aromatic rings. The second-order valence-corrected chi connectivity index (χ2v) is 6.43. The van der Waals surface area contributed by atoms with Crippen molar-refractivity contribution in [3.05, 3.63) is 87.7 Å². The van der Waals surface area contributed by atoms with Crippen molar-refractivity contribution >= 4 is 29.2 Å². The molecule has 8 heteroatoms. The third-order valence-corrected chi connectivity index (χ3v) is 4.13. The number of thiocarbonyl (C=S) groups is 1. The lowest BCUT2D eigenvalue weighted by molar-refractivity contribution is -0.384. The van der Waals surface area contributed by atoms with E-state index in [0.717, 1.165) is 11.1 Å². The summed E-state index contributed by atoms with van der Waals surface area (Å²) in [5.74, 6) is 0.848. The standard InChI is InChI=1S/C20H18N4O3S/c1-14-7-9-17(18(11-14)24(25)26)19-10-8-16(27-19)13-22-23-20(28)21-12-15-5-3-2-4-6-15/h2-11,13H,12H2,1H3,(H2,21,23,28)/b22-13-. The van der Waals surface area contributed by atoms with Crippen LogP contribution in [0.25, 0.3) is 11.3 Å². The highest BCUT2D eigenvalue weighted by Gasteiger charge is 2.18. The lowest BCUT2D eigenvalue weighted by atomic mass is 10.1. The lowest BCUT2D eigenvalue weighted by Gasteiger charge is -2.06. The molecule has 0 unspecified atom stereocenters. The molecule has 0 radical (unpaired) electrons. The quantitative estimate of drug-likeness (QED) is 0.282. The topological polar surface area (TPSA) is 92.7 Å². The second-order valence-electron chi connectivity index (χ2n) is 6.02. The number of benzene rings is 2. The van der Waals surface area contributed by atoms with Crippen LogP contribution >= 0.6 is 12.2 Å². The summed E-state index contributed by atoms with van der Waals surface area (Å²) in [6, 6.07) is 18.2. The maximum absolute atomic E-state index is 11.3. The molecule has 0 amide bonds. The van der Waals surface area contributed by atoms with Gasteiger partial charge in [-0.3, -0.25) is 15.5 Å². The molecule has 142 valence electrons. The molecule has 7 nitrogen and oxygen atoms in total. The van der Waals surface area contributed by atoms with Gasteiger partial charge in [0.2, 0.25) is 0 Å². The van der Waals surface area contributed by atoms with E-state index in [9.17, 15) is 10.1 Å². The highest BCUT2D eigenvalue weighted by atomic mass is 32.1. The number of nitrogens with zero attached hydrogens (tertiary/aromatic N) is 2. The van der Waals surface area contributed by atoms with E-state index in [-0.39, 0.29) is 5.69 Å². The minimum absolute atomic E-state index is 0.00209. The fraction of sp³-hybridized carbons (Fsp3) is 0.100. The van der Waals surface area contributed by atoms with Gasteiger partial charge in [0.05, 0.1) is 16.7 Å². The van der Waals surface area contributed by atoms with Gasteiger partial charge in [-0.15, -0.1) is 0 Å². The number of hydrogen-bond donors (Lipinski definition) is 2. The zero-order valence-electron chi connectivity index (χ0n) is 15.1. The van der Waals surface area contributed by atoms with Gasteiger partial charge in [-0.25, -0.2) is 0 Å². The largest absolute Gasteiger partial charge is 0.455 e. The van der Waals surface area contributed by atoms with Crippen LogP contribution < -0.4 is 10.7 Å². The first kappa shape index (κ1) is 19.2. The zero-order valence-corrected chi connectivity index (χ0v) is 15.9. The third-order valence-electron chi connectivity index (χ3n) is 3.90. The van der Waals surface area contributed by atoms with Crippen molar-refractivity contribution in [3.63, 3.8) is 0 Å². The smallest absolute Gasteiger partial charge is 0.280 e. The summed E-state index contributed by atoms with van der Waals surface area (Å²) in [6.07, 6.45) is 1.46. The Labute approximate surface area is 167 Å². The predicted octanol–water partition coefficient (Wildman–Crippen LogP) is 4.16. The number of nitro groups is 1. The fourth-order valence-corrected chi connectivity index (χ4v) is 2.67. The van der Waals surface area contributed by atoms with Crippen LogP contribution in [0.15, 0.2) is 70.2 Å². The van der Waals surface area contributed by atoms with E-state index in [0.29, 0.717) is 28.7 Å². The Morgan fingerprint density at radius 1 is 1.21 bits per heavy atom. The summed E-state index contributed by atoms with van der Waals surface area (Å²) in [5, 5.41) is 18.7. The molecule has 1 aromatic heterocycles. The van der Waals surface area contributed by atoms with E-state index in [1.807, 2.05) is 30.3 Å². The van der Waals surface area contributed by atoms with Gasteiger partial charge < -0.3 is 9.73 Å². The van der Waals surface area contributed by atoms with E-state index >= 15 is 0 Å². The maximum atomic E-state index is 11.3. The predicted molar refractivity (Wildman–Crippen MR) is 112 cm³/mol. The summed E-state index contributed by atoms with van der Waals surface area (Å²) in [4.78, 5) is 10.9. The van der Waals surface area contributed by atoms with Gasteiger partial charge in [0.1, 0.15) is 11.5 Å². The van der Waals surface area contributed by atoms with Gasteiger partial charge in [-0.1, -0.05) is 36.4 Å². The normalized spacial score (nSPS) is 10.8. The van der Waals surface area contributed by atoms with Crippen LogP contribution in [0.5, 0.6) is 0 Å². The molecule has 2 N–H and O–H groups in total. The molecule has 0 saturated heterocycles. The summed E-state index contributed by atoms with van der Waals surface area (Å²) in [5.41, 5.74) is 5.04. The molecule has 0 saturated carbocycles. The first-order valence-electron chi connectivity index (χ1n) is 8.49. The molecule has 0 fully saturated rings. The van der Waals surface area contributed by atoms with Crippen molar-refractivity contribution in [3.8, 4) is 11.3 Å². The summed E-state index contributed by atoms with van der Waals surface area (Å²) >= 11 is 5.17. The van der Waals surface area contributed by atoms with Crippen molar-refractivity contribution < 1.29 is 9.34 Å². The second kappa shape index (κ2) is 8.92. The lowest BCUT2D eigenvalue weighted by Crippen LogP contribution is -2.31. The maximum Gasteiger partial charge on any atom is 0.280 e. The first-order chi connectivity index (χ1) is 13.5. The Kier molecular flexibility index (Phi) is 6.13. The molecular weight excluding hydrogens is 376 g/mol. The van der Waals surface area contributed by atoms with E-state index in [4.69, 9.17) is 16.6 Å². The molecule has 0 spiro atoms. The van der Waals surface area contributed by atoms with Crippen LogP contribution in [0.1, 0.15) is 16.9 Å². The van der Waals surface area contributed by atoms with E-state index < -0.39 is 4.92 Å². The Bertz CT molecular complexity index is 1020. The molecule has 1 heterocycles. The SMILES string of the molecule is Cc1ccc(-c2ccc(/C=N\NC(=S)NCc3ccccc3)o2)c([N+](=O)[O-])c1. The average molecular weight is 394 g/mol. The molecule has 0 aliphatic carbocycles. The molecule has 3 rings (SSSR count). The van der Waals surface area contributed by atoms with Crippen LogP contribution in [0.4, 0.5) is 5.69 Å². The van der Waals surface area contributed by atoms with Gasteiger partial charge >= 0.3 is 0 Å². The summed E-state index contributed by atoms with van der Waals surface area (Å²) in [7, 11) is 0. The van der Waals surface area contributed by atoms with Crippen molar-refractivity contribution in [2.45, 2.75) is 13.5 Å². The van der Waals surface area contributed by atoms with Gasteiger partial charge in [-0.05, 0) is 48.5 Å². The number of hydrazone groups is 1. The van der Waals surface area contributed by atoms with Crippen LogP contribution in [-0.4, -0.2) is 16.3 Å². The first-order valence-corrected chi connectivity index (χ1v) is 8.90. The van der Waals surface area contributed by atoms with Crippen molar-refractivity contribution in [1.29, 1.82) is 0 Å². The van der Waals surface area contributed by atoms with E-state index in [1.165, 1.54) is 12.3 Å². The summed E-state index contributed by atoms with van der Waals surface area (Å²) < 4.78 is 5.65. The molecule has 0 bridgehead atoms. The van der Waals surface area contributed by atoms with Crippen LogP contribution in [0.2, 0.25) is 0 Å². The Balaban J connectivity index is 1.60. The number of rotatable bonds is 6. The number of aryl methyl sites for hydroxylation is 1. The molecule has 0 aliphatic heterocycles. The number of nitro benzene ring substituents is 1. The fourth-order valence-electron chi connectivity index (χ4n) is 2.54. The zero-order chi connectivity index (χ0) is 19.9. The Morgan fingerprint density at radius 3 is 2.75 bits per heavy atom. The minimum Gasteiger partial charge on any atom is -0.455 e.